The van der Waals surface area contributed by atoms with Crippen molar-refractivity contribution in [1.29, 1.82) is 0 Å². The molecule has 0 aliphatic heterocycles. The summed E-state index contributed by atoms with van der Waals surface area (Å²) in [4.78, 5) is 0. The minimum Gasteiger partial charge on any atom is -0.0702 e. The molecule has 0 heterocycles. The number of allylic oxidation sites excluding steroid dienone is 2. The maximum Gasteiger partial charge on any atom is -0.00360 e. The zero-order valence-electron chi connectivity index (χ0n) is 17.7. The van der Waals surface area contributed by atoms with Crippen LogP contribution in [0.2, 0.25) is 0 Å². The smallest absolute Gasteiger partial charge is 0.00360 e. The van der Waals surface area contributed by atoms with Gasteiger partial charge in [-0.25, -0.2) is 0 Å². The van der Waals surface area contributed by atoms with E-state index in [1.165, 1.54) is 56.9 Å². The molecule has 26 heavy (non-hydrogen) atoms. The first-order valence-corrected chi connectivity index (χ1v) is 11.1. The average molecular weight is 351 g/mol. The number of rotatable bonds is 2. The Morgan fingerprint density at radius 2 is 1.69 bits per heavy atom. The van der Waals surface area contributed by atoms with Crippen LogP contribution < -0.4 is 0 Å². The van der Waals surface area contributed by atoms with Gasteiger partial charge in [-0.2, -0.15) is 0 Å². The molecule has 0 amide bonds. The summed E-state index contributed by atoms with van der Waals surface area (Å²) in [6, 6.07) is 9.23. The Morgan fingerprint density at radius 1 is 0.962 bits per heavy atom. The van der Waals surface area contributed by atoms with Crippen LogP contribution in [0.5, 0.6) is 0 Å². The van der Waals surface area contributed by atoms with Crippen molar-refractivity contribution in [2.75, 3.05) is 0 Å². The van der Waals surface area contributed by atoms with Gasteiger partial charge in [-0.15, -0.1) is 0 Å². The molecule has 3 aliphatic carbocycles. The molecule has 0 bridgehead atoms. The van der Waals surface area contributed by atoms with Crippen molar-refractivity contribution in [1.82, 2.24) is 0 Å². The van der Waals surface area contributed by atoms with Crippen molar-refractivity contribution >= 4 is 0 Å². The number of hydrogen-bond donors (Lipinski definition) is 0. The summed E-state index contributed by atoms with van der Waals surface area (Å²) < 4.78 is 0. The summed E-state index contributed by atoms with van der Waals surface area (Å²) in [5, 5.41) is 0. The Kier molecular flexibility index (Phi) is 4.61. The van der Waals surface area contributed by atoms with E-state index >= 15 is 0 Å². The van der Waals surface area contributed by atoms with Crippen molar-refractivity contribution in [2.24, 2.45) is 23.2 Å². The molecule has 1 fully saturated rings. The fourth-order valence-corrected chi connectivity index (χ4v) is 7.29. The quantitative estimate of drug-likeness (QED) is 0.481. The molecular formula is C26H38. The lowest BCUT2D eigenvalue weighted by Gasteiger charge is -2.58. The molecular weight excluding hydrogens is 312 g/mol. The monoisotopic (exact) mass is 350 g/mol. The molecule has 1 aromatic carbocycles. The van der Waals surface area contributed by atoms with Gasteiger partial charge in [-0.3, -0.25) is 0 Å². The Labute approximate surface area is 161 Å². The highest BCUT2D eigenvalue weighted by Crippen LogP contribution is 2.63. The van der Waals surface area contributed by atoms with E-state index in [9.17, 15) is 0 Å². The summed E-state index contributed by atoms with van der Waals surface area (Å²) >= 11 is 0. The van der Waals surface area contributed by atoms with Gasteiger partial charge in [0.2, 0.25) is 0 Å². The minimum absolute atomic E-state index is 0.353. The van der Waals surface area contributed by atoms with E-state index in [1.54, 1.807) is 5.56 Å². The standard InChI is InChI=1S/C26H38/c1-18(2)20-11-13-23-21(17-20)12-14-24-25(4,15-8-16-26(23,24)5)22-10-7-6-9-19(22)3/h6-7,9-10,18,20,24H,8,11-17H2,1-5H3/t20?,24-,25+,26+/m0/s1. The van der Waals surface area contributed by atoms with Crippen LogP contribution in [0.4, 0.5) is 0 Å². The predicted molar refractivity (Wildman–Crippen MR) is 112 cm³/mol. The van der Waals surface area contributed by atoms with Crippen molar-refractivity contribution in [3.63, 3.8) is 0 Å². The van der Waals surface area contributed by atoms with E-state index in [0.29, 0.717) is 10.8 Å². The highest BCUT2D eigenvalue weighted by Gasteiger charge is 2.53. The molecule has 0 N–H and O–H groups in total. The van der Waals surface area contributed by atoms with Gasteiger partial charge in [0.15, 0.2) is 0 Å². The second-order valence-corrected chi connectivity index (χ2v) is 10.4. The van der Waals surface area contributed by atoms with Crippen LogP contribution in [0.3, 0.4) is 0 Å². The van der Waals surface area contributed by atoms with Crippen LogP contribution in [0.15, 0.2) is 35.4 Å². The normalized spacial score (nSPS) is 37.5. The molecule has 1 unspecified atom stereocenters. The van der Waals surface area contributed by atoms with Gasteiger partial charge in [-0.1, -0.05) is 69.5 Å². The maximum absolute atomic E-state index is 2.65. The number of hydrogen-bond acceptors (Lipinski definition) is 0. The zero-order chi connectivity index (χ0) is 18.5. The molecule has 142 valence electrons. The summed E-state index contributed by atoms with van der Waals surface area (Å²) in [5.41, 5.74) is 7.72. The van der Waals surface area contributed by atoms with Crippen LogP contribution in [0.1, 0.15) is 90.2 Å². The molecule has 1 saturated carbocycles. The number of benzene rings is 1. The summed E-state index contributed by atoms with van der Waals surface area (Å²) in [7, 11) is 0. The van der Waals surface area contributed by atoms with Crippen LogP contribution >= 0.6 is 0 Å². The Morgan fingerprint density at radius 3 is 2.42 bits per heavy atom. The van der Waals surface area contributed by atoms with Gasteiger partial charge < -0.3 is 0 Å². The van der Waals surface area contributed by atoms with Gasteiger partial charge in [0.25, 0.3) is 0 Å². The number of fused-ring (bicyclic) bond motifs is 2. The largest absolute Gasteiger partial charge is 0.0702 e. The van der Waals surface area contributed by atoms with Gasteiger partial charge in [0.05, 0.1) is 0 Å². The van der Waals surface area contributed by atoms with E-state index in [-0.39, 0.29) is 0 Å². The van der Waals surface area contributed by atoms with Crippen molar-refractivity contribution in [2.45, 2.75) is 91.4 Å². The third kappa shape index (κ3) is 2.71. The highest BCUT2D eigenvalue weighted by atomic mass is 14.6. The molecule has 0 heteroatoms. The molecule has 3 aliphatic rings. The summed E-state index contributed by atoms with van der Waals surface area (Å²) in [6.07, 6.45) is 11.2. The third-order valence-electron chi connectivity index (χ3n) is 8.76. The Bertz CT molecular complexity index is 709. The molecule has 0 aromatic heterocycles. The first-order chi connectivity index (χ1) is 12.4. The SMILES string of the molecule is Cc1ccccc1[C@@]1(C)CCC[C@]2(C)C3=C(CC[C@H]21)CC(C(C)C)CC3. The minimum atomic E-state index is 0.353. The van der Waals surface area contributed by atoms with Crippen LogP contribution in [0, 0.1) is 30.1 Å². The predicted octanol–water partition coefficient (Wildman–Crippen LogP) is 7.61. The van der Waals surface area contributed by atoms with Crippen LogP contribution in [0.25, 0.3) is 0 Å². The van der Waals surface area contributed by atoms with Gasteiger partial charge >= 0.3 is 0 Å². The van der Waals surface area contributed by atoms with Crippen molar-refractivity contribution in [3.8, 4) is 0 Å². The molecule has 0 radical (unpaired) electrons. The van der Waals surface area contributed by atoms with E-state index < -0.39 is 0 Å². The highest BCUT2D eigenvalue weighted by molar-refractivity contribution is 5.39. The first kappa shape index (κ1) is 18.3. The topological polar surface area (TPSA) is 0 Å². The second-order valence-electron chi connectivity index (χ2n) is 10.4. The van der Waals surface area contributed by atoms with E-state index in [4.69, 9.17) is 0 Å². The van der Waals surface area contributed by atoms with E-state index in [1.807, 2.05) is 11.1 Å². The van der Waals surface area contributed by atoms with Crippen LogP contribution in [-0.4, -0.2) is 0 Å². The summed E-state index contributed by atoms with van der Waals surface area (Å²) in [6.45, 7) is 12.4. The zero-order valence-corrected chi connectivity index (χ0v) is 17.7. The number of aryl methyl sites for hydroxylation is 1. The molecule has 4 atom stereocenters. The molecule has 1 aromatic rings. The van der Waals surface area contributed by atoms with Gasteiger partial charge in [-0.05, 0) is 91.6 Å². The van der Waals surface area contributed by atoms with Crippen LogP contribution in [-0.2, 0) is 5.41 Å². The average Bonchev–Trinajstić information content (AvgIpc) is 2.61. The first-order valence-electron chi connectivity index (χ1n) is 11.1. The van der Waals surface area contributed by atoms with Crippen molar-refractivity contribution in [3.05, 3.63) is 46.5 Å². The molecule has 4 rings (SSSR count). The molecule has 0 nitrogen and oxygen atoms in total. The lowest BCUT2D eigenvalue weighted by molar-refractivity contribution is 0.0440. The second kappa shape index (κ2) is 6.54. The Balaban J connectivity index is 1.73. The fourth-order valence-electron chi connectivity index (χ4n) is 7.29. The third-order valence-corrected chi connectivity index (χ3v) is 8.76. The lowest BCUT2D eigenvalue weighted by Crippen LogP contribution is -2.50. The fraction of sp³-hybridized carbons (Fsp3) is 0.692. The van der Waals surface area contributed by atoms with Gasteiger partial charge in [0, 0.05) is 0 Å². The van der Waals surface area contributed by atoms with E-state index in [0.717, 1.165) is 17.8 Å². The lowest BCUT2D eigenvalue weighted by atomic mass is 9.46. The molecule has 0 saturated heterocycles. The Hall–Kier alpha value is -1.04. The van der Waals surface area contributed by atoms with Gasteiger partial charge in [0.1, 0.15) is 0 Å². The molecule has 0 spiro atoms. The summed E-state index contributed by atoms with van der Waals surface area (Å²) in [5.74, 6) is 2.60. The maximum atomic E-state index is 2.65. The van der Waals surface area contributed by atoms with E-state index in [2.05, 4.69) is 58.9 Å². The van der Waals surface area contributed by atoms with Crippen molar-refractivity contribution < 1.29 is 0 Å².